The molecule has 0 bridgehead atoms. The van der Waals surface area contributed by atoms with Gasteiger partial charge in [-0.15, -0.1) is 0 Å². The molecule has 88 valence electrons. The number of phenols is 1. The van der Waals surface area contributed by atoms with Gasteiger partial charge in [0.15, 0.2) is 0 Å². The van der Waals surface area contributed by atoms with Crippen molar-refractivity contribution in [2.24, 2.45) is 0 Å². The van der Waals surface area contributed by atoms with Crippen LogP contribution in [0.2, 0.25) is 0 Å². The Kier molecular flexibility index (Phi) is 6.40. The van der Waals surface area contributed by atoms with Gasteiger partial charge in [0, 0.05) is 10.1 Å². The van der Waals surface area contributed by atoms with Gasteiger partial charge in [-0.3, -0.25) is 4.79 Å². The van der Waals surface area contributed by atoms with Crippen molar-refractivity contribution in [2.75, 3.05) is 11.0 Å². The minimum Gasteiger partial charge on any atom is -0.507 e. The molecule has 5 heteroatoms. The SMILES string of the molecule is O=C(NCCCCI)c1cc(I)ccc1O. The van der Waals surface area contributed by atoms with Crippen LogP contribution >= 0.6 is 45.2 Å². The molecule has 3 nitrogen and oxygen atoms in total. The van der Waals surface area contributed by atoms with E-state index in [9.17, 15) is 9.90 Å². The van der Waals surface area contributed by atoms with E-state index < -0.39 is 0 Å². The fraction of sp³-hybridized carbons (Fsp3) is 0.364. The predicted octanol–water partition coefficient (Wildman–Crippen LogP) is 2.94. The third-order valence-corrected chi connectivity index (χ3v) is 3.48. The van der Waals surface area contributed by atoms with Crippen LogP contribution in [0.3, 0.4) is 0 Å². The first-order valence-corrected chi connectivity index (χ1v) is 7.58. The Morgan fingerprint density at radius 1 is 1.38 bits per heavy atom. The zero-order valence-corrected chi connectivity index (χ0v) is 13.0. The first kappa shape index (κ1) is 14.0. The summed E-state index contributed by atoms with van der Waals surface area (Å²) in [6.45, 7) is 0.659. The maximum absolute atomic E-state index is 11.7. The number of nitrogens with one attached hydrogen (secondary N) is 1. The lowest BCUT2D eigenvalue weighted by Gasteiger charge is -2.06. The van der Waals surface area contributed by atoms with E-state index >= 15 is 0 Å². The molecule has 0 saturated heterocycles. The number of phenolic OH excluding ortho intramolecular Hbond substituents is 1. The molecule has 0 aromatic heterocycles. The van der Waals surface area contributed by atoms with E-state index in [0.29, 0.717) is 12.1 Å². The van der Waals surface area contributed by atoms with Gasteiger partial charge < -0.3 is 10.4 Å². The van der Waals surface area contributed by atoms with E-state index in [1.165, 1.54) is 0 Å². The van der Waals surface area contributed by atoms with Crippen molar-refractivity contribution in [1.29, 1.82) is 0 Å². The van der Waals surface area contributed by atoms with E-state index in [2.05, 4.69) is 50.5 Å². The Morgan fingerprint density at radius 2 is 2.12 bits per heavy atom. The van der Waals surface area contributed by atoms with Gasteiger partial charge in [-0.25, -0.2) is 0 Å². The van der Waals surface area contributed by atoms with Gasteiger partial charge >= 0.3 is 0 Å². The second-order valence-corrected chi connectivity index (χ2v) is 5.64. The Labute approximate surface area is 122 Å². The second-order valence-electron chi connectivity index (χ2n) is 3.31. The molecule has 0 aliphatic heterocycles. The van der Waals surface area contributed by atoms with Gasteiger partial charge in [-0.2, -0.15) is 0 Å². The first-order valence-electron chi connectivity index (χ1n) is 4.98. The molecule has 0 fully saturated rings. The summed E-state index contributed by atoms with van der Waals surface area (Å²) >= 11 is 4.43. The van der Waals surface area contributed by atoms with Crippen molar-refractivity contribution in [3.63, 3.8) is 0 Å². The summed E-state index contributed by atoms with van der Waals surface area (Å²) in [5, 5.41) is 12.3. The van der Waals surface area contributed by atoms with Crippen LogP contribution in [-0.4, -0.2) is 22.0 Å². The van der Waals surface area contributed by atoms with Crippen LogP contribution in [0.1, 0.15) is 23.2 Å². The van der Waals surface area contributed by atoms with Crippen LogP contribution < -0.4 is 5.32 Å². The quantitative estimate of drug-likeness (QED) is 0.416. The van der Waals surface area contributed by atoms with Crippen LogP contribution in [0, 0.1) is 3.57 Å². The largest absolute Gasteiger partial charge is 0.507 e. The molecule has 0 atom stereocenters. The summed E-state index contributed by atoms with van der Waals surface area (Å²) in [7, 11) is 0. The number of hydrogen-bond acceptors (Lipinski definition) is 2. The number of unbranched alkanes of at least 4 members (excludes halogenated alkanes) is 1. The average molecular weight is 445 g/mol. The first-order chi connectivity index (χ1) is 7.65. The molecule has 2 N–H and O–H groups in total. The second kappa shape index (κ2) is 7.31. The third kappa shape index (κ3) is 4.44. The van der Waals surface area contributed by atoms with E-state index in [1.807, 2.05) is 0 Å². The standard InChI is InChI=1S/C11H13I2NO2/c12-5-1-2-6-14-11(16)9-7-8(13)3-4-10(9)15/h3-4,7,15H,1-2,5-6H2,(H,14,16). The highest BCUT2D eigenvalue weighted by atomic mass is 127. The fourth-order valence-electron chi connectivity index (χ4n) is 1.21. The van der Waals surface area contributed by atoms with Gasteiger partial charge in [0.2, 0.25) is 0 Å². The fourth-order valence-corrected chi connectivity index (χ4v) is 2.24. The minimum absolute atomic E-state index is 0.0341. The molecule has 16 heavy (non-hydrogen) atoms. The van der Waals surface area contributed by atoms with E-state index in [4.69, 9.17) is 0 Å². The highest BCUT2D eigenvalue weighted by Gasteiger charge is 2.10. The molecule has 0 saturated carbocycles. The summed E-state index contributed by atoms with van der Waals surface area (Å²) in [6, 6.07) is 4.99. The van der Waals surface area contributed by atoms with Gasteiger partial charge in [0.1, 0.15) is 5.75 Å². The van der Waals surface area contributed by atoms with Crippen molar-refractivity contribution in [1.82, 2.24) is 5.32 Å². The Bertz CT molecular complexity index is 369. The number of rotatable bonds is 5. The minimum atomic E-state index is -0.204. The van der Waals surface area contributed by atoms with Crippen molar-refractivity contribution in [2.45, 2.75) is 12.8 Å². The zero-order chi connectivity index (χ0) is 12.0. The molecule has 0 aliphatic rings. The molecule has 1 aromatic carbocycles. The van der Waals surface area contributed by atoms with Gasteiger partial charge in [0.05, 0.1) is 5.56 Å². The number of amides is 1. The van der Waals surface area contributed by atoms with Gasteiger partial charge in [-0.1, -0.05) is 22.6 Å². The Morgan fingerprint density at radius 3 is 2.81 bits per heavy atom. The van der Waals surface area contributed by atoms with Crippen LogP contribution in [0.25, 0.3) is 0 Å². The summed E-state index contributed by atoms with van der Waals surface area (Å²) in [4.78, 5) is 11.7. The summed E-state index contributed by atoms with van der Waals surface area (Å²) < 4.78 is 2.04. The van der Waals surface area contributed by atoms with Crippen molar-refractivity contribution in [3.05, 3.63) is 27.3 Å². The molecule has 0 radical (unpaired) electrons. The lowest BCUT2D eigenvalue weighted by atomic mass is 10.2. The van der Waals surface area contributed by atoms with Gasteiger partial charge in [-0.05, 0) is 58.1 Å². The van der Waals surface area contributed by atoms with Crippen LogP contribution in [0.15, 0.2) is 18.2 Å². The van der Waals surface area contributed by atoms with Crippen LogP contribution in [-0.2, 0) is 0 Å². The van der Waals surface area contributed by atoms with Crippen LogP contribution in [0.4, 0.5) is 0 Å². The molecule has 0 aliphatic carbocycles. The lowest BCUT2D eigenvalue weighted by molar-refractivity contribution is 0.0950. The lowest BCUT2D eigenvalue weighted by Crippen LogP contribution is -2.24. The number of carbonyl (C=O) groups excluding carboxylic acids is 1. The van der Waals surface area contributed by atoms with Crippen molar-refractivity contribution in [3.8, 4) is 5.75 Å². The molecule has 0 heterocycles. The van der Waals surface area contributed by atoms with Gasteiger partial charge in [0.25, 0.3) is 5.91 Å². The number of halogens is 2. The smallest absolute Gasteiger partial charge is 0.255 e. The predicted molar refractivity (Wildman–Crippen MR) is 81.3 cm³/mol. The molecule has 1 amide bonds. The molecule has 1 rings (SSSR count). The topological polar surface area (TPSA) is 49.3 Å². The van der Waals surface area contributed by atoms with Crippen molar-refractivity contribution >= 4 is 51.1 Å². The normalized spacial score (nSPS) is 10.1. The maximum Gasteiger partial charge on any atom is 0.255 e. The molecular formula is C11H13I2NO2. The maximum atomic E-state index is 11.7. The highest BCUT2D eigenvalue weighted by molar-refractivity contribution is 14.1. The van der Waals surface area contributed by atoms with E-state index in [1.54, 1.807) is 18.2 Å². The average Bonchev–Trinajstić information content (AvgIpc) is 2.27. The van der Waals surface area contributed by atoms with Crippen molar-refractivity contribution < 1.29 is 9.90 Å². The number of alkyl halides is 1. The van der Waals surface area contributed by atoms with Crippen LogP contribution in [0.5, 0.6) is 5.75 Å². The molecule has 1 aromatic rings. The summed E-state index contributed by atoms with van der Waals surface area (Å²) in [5.74, 6) is -0.170. The highest BCUT2D eigenvalue weighted by Crippen LogP contribution is 2.19. The number of carbonyl (C=O) groups is 1. The Balaban J connectivity index is 2.55. The number of aromatic hydroxyl groups is 1. The Hall–Kier alpha value is -0.0500. The monoisotopic (exact) mass is 445 g/mol. The number of benzene rings is 1. The zero-order valence-electron chi connectivity index (χ0n) is 8.67. The summed E-state index contributed by atoms with van der Waals surface area (Å²) in [5.41, 5.74) is 0.348. The van der Waals surface area contributed by atoms with E-state index in [-0.39, 0.29) is 11.7 Å². The third-order valence-electron chi connectivity index (χ3n) is 2.05. The molecule has 0 spiro atoms. The number of hydrogen-bond donors (Lipinski definition) is 2. The molecular weight excluding hydrogens is 432 g/mol. The van der Waals surface area contributed by atoms with E-state index in [0.717, 1.165) is 20.8 Å². The molecule has 0 unspecified atom stereocenters. The summed E-state index contributed by atoms with van der Waals surface area (Å²) in [6.07, 6.45) is 2.07.